The zero-order chi connectivity index (χ0) is 25.3. The first-order valence-electron chi connectivity index (χ1n) is 12.3. The van der Waals surface area contributed by atoms with Crippen LogP contribution in [-0.4, -0.2) is 18.7 Å². The maximum absolute atomic E-state index is 13.2. The van der Waals surface area contributed by atoms with Crippen molar-refractivity contribution in [1.82, 2.24) is 0 Å². The van der Waals surface area contributed by atoms with Crippen molar-refractivity contribution in [2.24, 2.45) is 0 Å². The van der Waals surface area contributed by atoms with Gasteiger partial charge in [0.1, 0.15) is 0 Å². The summed E-state index contributed by atoms with van der Waals surface area (Å²) in [6, 6.07) is 24.7. The third-order valence-corrected chi connectivity index (χ3v) is 6.30. The Morgan fingerprint density at radius 1 is 0.882 bits per heavy atom. The zero-order valence-electron chi connectivity index (χ0n) is 21.7. The summed E-state index contributed by atoms with van der Waals surface area (Å²) in [6.45, 7) is 12.7. The molecule has 3 nitrogen and oxygen atoms in total. The van der Waals surface area contributed by atoms with Crippen LogP contribution in [0.3, 0.4) is 0 Å². The summed E-state index contributed by atoms with van der Waals surface area (Å²) in [6.07, 6.45) is 2.86. The standard InChI is InChI=1S/C23H22N2OS2.3C2H6/c1-27-24-21-10-6-5-9-20(21)23(26)25-14-13-18-15-19(11-12-22(18)25)28-16-17-7-3-2-4-8-17;3*1-2/h2-12,15,24H,13-14,16H2,1H3;3*1-2H3. The predicted molar refractivity (Wildman–Crippen MR) is 155 cm³/mol. The SMILES string of the molecule is CC.CC.CC.CSNc1ccccc1C(=O)N1CCc2cc(SCc3ccccc3)ccc21. The molecule has 3 aromatic rings. The maximum Gasteiger partial charge on any atom is 0.260 e. The van der Waals surface area contributed by atoms with Crippen molar-refractivity contribution in [1.29, 1.82) is 0 Å². The molecule has 0 saturated heterocycles. The highest BCUT2D eigenvalue weighted by molar-refractivity contribution is 7.99. The Morgan fingerprint density at radius 2 is 1.53 bits per heavy atom. The fourth-order valence-electron chi connectivity index (χ4n) is 3.43. The Hall–Kier alpha value is -2.37. The highest BCUT2D eigenvalue weighted by atomic mass is 32.2. The Labute approximate surface area is 215 Å². The molecule has 0 radical (unpaired) electrons. The molecule has 0 saturated carbocycles. The summed E-state index contributed by atoms with van der Waals surface area (Å²) in [5.41, 5.74) is 5.19. The molecular formula is C29H40N2OS2. The van der Waals surface area contributed by atoms with Crippen LogP contribution in [0.5, 0.6) is 0 Å². The number of hydrogen-bond donors (Lipinski definition) is 1. The summed E-state index contributed by atoms with van der Waals surface area (Å²) >= 11 is 3.33. The molecule has 1 aliphatic rings. The average Bonchev–Trinajstić information content (AvgIpc) is 3.35. The van der Waals surface area contributed by atoms with Gasteiger partial charge in [-0.15, -0.1) is 11.8 Å². The van der Waals surface area contributed by atoms with Crippen LogP contribution in [0.1, 0.15) is 63.0 Å². The van der Waals surface area contributed by atoms with Crippen LogP contribution in [0.25, 0.3) is 0 Å². The minimum absolute atomic E-state index is 0.0561. The van der Waals surface area contributed by atoms with E-state index in [4.69, 9.17) is 0 Å². The number of amides is 1. The van der Waals surface area contributed by atoms with E-state index in [9.17, 15) is 4.79 Å². The quantitative estimate of drug-likeness (QED) is 0.273. The van der Waals surface area contributed by atoms with Crippen molar-refractivity contribution < 1.29 is 4.79 Å². The minimum atomic E-state index is 0.0561. The van der Waals surface area contributed by atoms with Crippen LogP contribution in [0.15, 0.2) is 77.7 Å². The topological polar surface area (TPSA) is 32.3 Å². The van der Waals surface area contributed by atoms with E-state index < -0.39 is 0 Å². The molecule has 0 fully saturated rings. The lowest BCUT2D eigenvalue weighted by Crippen LogP contribution is -2.29. The zero-order valence-corrected chi connectivity index (χ0v) is 23.4. The van der Waals surface area contributed by atoms with Gasteiger partial charge in [-0.25, -0.2) is 0 Å². The number of carbonyl (C=O) groups excluding carboxylic acids is 1. The number of carbonyl (C=O) groups is 1. The van der Waals surface area contributed by atoms with Crippen LogP contribution in [0, 0.1) is 0 Å². The second-order valence-corrected chi connectivity index (χ2v) is 8.28. The van der Waals surface area contributed by atoms with E-state index in [1.807, 2.05) is 94.8 Å². The molecule has 1 N–H and O–H groups in total. The fraction of sp³-hybridized carbons (Fsp3) is 0.345. The summed E-state index contributed by atoms with van der Waals surface area (Å²) in [4.78, 5) is 16.3. The van der Waals surface area contributed by atoms with Crippen LogP contribution in [0.2, 0.25) is 0 Å². The van der Waals surface area contributed by atoms with Gasteiger partial charge in [-0.05, 0) is 47.9 Å². The molecule has 5 heteroatoms. The highest BCUT2D eigenvalue weighted by Gasteiger charge is 2.27. The summed E-state index contributed by atoms with van der Waals surface area (Å²) in [5, 5.41) is 0. The Bertz CT molecular complexity index is 977. The van der Waals surface area contributed by atoms with E-state index in [2.05, 4.69) is 47.2 Å². The molecule has 1 heterocycles. The maximum atomic E-state index is 13.2. The van der Waals surface area contributed by atoms with Crippen molar-refractivity contribution in [2.45, 2.75) is 58.6 Å². The number of thioether (sulfide) groups is 1. The first-order valence-corrected chi connectivity index (χ1v) is 14.5. The van der Waals surface area contributed by atoms with Gasteiger partial charge in [0, 0.05) is 29.1 Å². The number of hydrogen-bond acceptors (Lipinski definition) is 4. The molecule has 1 aliphatic heterocycles. The first-order chi connectivity index (χ1) is 16.8. The molecule has 0 aromatic heterocycles. The van der Waals surface area contributed by atoms with Crippen molar-refractivity contribution in [3.05, 3.63) is 89.5 Å². The van der Waals surface area contributed by atoms with Gasteiger partial charge in [0.05, 0.1) is 11.3 Å². The first kappa shape index (κ1) is 29.7. The molecular weight excluding hydrogens is 456 g/mol. The molecule has 0 atom stereocenters. The van der Waals surface area contributed by atoms with E-state index in [-0.39, 0.29) is 5.91 Å². The van der Waals surface area contributed by atoms with Gasteiger partial charge in [-0.3, -0.25) is 4.79 Å². The monoisotopic (exact) mass is 496 g/mol. The minimum Gasteiger partial charge on any atom is -0.329 e. The number of benzene rings is 3. The van der Waals surface area contributed by atoms with Crippen LogP contribution >= 0.6 is 23.7 Å². The predicted octanol–water partition coefficient (Wildman–Crippen LogP) is 8.95. The van der Waals surface area contributed by atoms with Crippen molar-refractivity contribution in [2.75, 3.05) is 22.4 Å². The third-order valence-electron chi connectivity index (χ3n) is 4.81. The van der Waals surface area contributed by atoms with Crippen LogP contribution in [0.4, 0.5) is 11.4 Å². The lowest BCUT2D eigenvalue weighted by atomic mass is 10.1. The van der Waals surface area contributed by atoms with Gasteiger partial charge in [0.15, 0.2) is 0 Å². The Balaban J connectivity index is 0.000000894. The van der Waals surface area contributed by atoms with E-state index in [1.165, 1.54) is 28.0 Å². The molecule has 184 valence electrons. The molecule has 4 rings (SSSR count). The second-order valence-electron chi connectivity index (χ2n) is 6.62. The van der Waals surface area contributed by atoms with E-state index in [0.29, 0.717) is 5.56 Å². The van der Waals surface area contributed by atoms with Gasteiger partial charge in [-0.2, -0.15) is 0 Å². The van der Waals surface area contributed by atoms with Crippen molar-refractivity contribution in [3.63, 3.8) is 0 Å². The molecule has 3 aromatic carbocycles. The molecule has 0 bridgehead atoms. The van der Waals surface area contributed by atoms with Gasteiger partial charge in [-0.1, -0.05) is 96.0 Å². The number of fused-ring (bicyclic) bond motifs is 1. The molecule has 0 aliphatic carbocycles. The molecule has 0 unspecified atom stereocenters. The highest BCUT2D eigenvalue weighted by Crippen LogP contribution is 2.34. The summed E-state index contributed by atoms with van der Waals surface area (Å²) in [7, 11) is 0. The van der Waals surface area contributed by atoms with Crippen LogP contribution < -0.4 is 9.62 Å². The van der Waals surface area contributed by atoms with E-state index in [0.717, 1.165) is 30.1 Å². The van der Waals surface area contributed by atoms with E-state index in [1.54, 1.807) is 0 Å². The molecule has 1 amide bonds. The largest absolute Gasteiger partial charge is 0.329 e. The normalized spacial score (nSPS) is 11.0. The molecule has 0 spiro atoms. The van der Waals surface area contributed by atoms with Crippen LogP contribution in [-0.2, 0) is 12.2 Å². The smallest absolute Gasteiger partial charge is 0.260 e. The number of nitrogens with one attached hydrogen (secondary N) is 1. The summed E-state index contributed by atoms with van der Waals surface area (Å²) in [5.74, 6) is 1.01. The summed E-state index contributed by atoms with van der Waals surface area (Å²) < 4.78 is 3.21. The van der Waals surface area contributed by atoms with Gasteiger partial charge >= 0.3 is 0 Å². The van der Waals surface area contributed by atoms with Gasteiger partial charge in [0.2, 0.25) is 0 Å². The lowest BCUT2D eigenvalue weighted by molar-refractivity contribution is 0.0990. The number of rotatable bonds is 6. The Morgan fingerprint density at radius 3 is 2.21 bits per heavy atom. The number of para-hydroxylation sites is 1. The number of nitrogens with zero attached hydrogens (tertiary/aromatic N) is 1. The van der Waals surface area contributed by atoms with Gasteiger partial charge < -0.3 is 9.62 Å². The Kier molecular flexibility index (Phi) is 14.9. The van der Waals surface area contributed by atoms with E-state index >= 15 is 0 Å². The third kappa shape index (κ3) is 8.14. The number of anilines is 2. The van der Waals surface area contributed by atoms with Gasteiger partial charge in [0.25, 0.3) is 5.91 Å². The second kappa shape index (κ2) is 17.1. The lowest BCUT2D eigenvalue weighted by Gasteiger charge is -2.19. The average molecular weight is 497 g/mol. The van der Waals surface area contributed by atoms with Crippen molar-refractivity contribution >= 4 is 41.0 Å². The van der Waals surface area contributed by atoms with Crippen molar-refractivity contribution in [3.8, 4) is 0 Å². The molecule has 34 heavy (non-hydrogen) atoms. The fourth-order valence-corrected chi connectivity index (χ4v) is 4.75.